The maximum Gasteiger partial charge on any atom is 0.131 e. The number of furan rings is 1. The van der Waals surface area contributed by atoms with Gasteiger partial charge in [0.25, 0.3) is 0 Å². The zero-order valence-electron chi connectivity index (χ0n) is 19.8. The zero-order valence-corrected chi connectivity index (χ0v) is 19.8. The van der Waals surface area contributed by atoms with Crippen LogP contribution >= 0.6 is 0 Å². The number of fused-ring (bicyclic) bond motifs is 1. The minimum absolute atomic E-state index is 0.558. The molecule has 0 spiro atoms. The molecular weight excluding hydrogens is 410 g/mol. The zero-order chi connectivity index (χ0) is 23.4. The lowest BCUT2D eigenvalue weighted by atomic mass is 10.1. The third-order valence-corrected chi connectivity index (χ3v) is 5.54. The van der Waals surface area contributed by atoms with E-state index in [0.29, 0.717) is 6.61 Å². The van der Waals surface area contributed by atoms with Crippen LogP contribution in [0.15, 0.2) is 70.1 Å². The number of rotatable bonds is 6. The molecule has 4 rings (SSSR count). The molecule has 33 heavy (non-hydrogen) atoms. The summed E-state index contributed by atoms with van der Waals surface area (Å²) in [6.45, 7) is 8.57. The van der Waals surface area contributed by atoms with Crippen molar-refractivity contribution in [2.45, 2.75) is 27.7 Å². The van der Waals surface area contributed by atoms with Crippen molar-refractivity contribution in [3.63, 3.8) is 0 Å². The van der Waals surface area contributed by atoms with Gasteiger partial charge >= 0.3 is 0 Å². The van der Waals surface area contributed by atoms with Crippen LogP contribution in [0.25, 0.3) is 22.9 Å². The van der Waals surface area contributed by atoms with Crippen LogP contribution in [0.1, 0.15) is 35.1 Å². The third-order valence-electron chi connectivity index (χ3n) is 5.54. The number of para-hydroxylation sites is 1. The van der Waals surface area contributed by atoms with Gasteiger partial charge in [-0.15, -0.1) is 0 Å². The average Bonchev–Trinajstić information content (AvgIpc) is 3.01. The lowest BCUT2D eigenvalue weighted by Crippen LogP contribution is -2.00. The molecule has 0 N–H and O–H groups in total. The number of nitrogens with zero attached hydrogens (tertiary/aromatic N) is 1. The van der Waals surface area contributed by atoms with E-state index in [4.69, 9.17) is 18.9 Å². The van der Waals surface area contributed by atoms with E-state index in [1.165, 1.54) is 5.56 Å². The van der Waals surface area contributed by atoms with E-state index in [-0.39, 0.29) is 0 Å². The first kappa shape index (κ1) is 22.4. The van der Waals surface area contributed by atoms with Gasteiger partial charge in [-0.05, 0) is 63.6 Å². The molecule has 0 aliphatic rings. The fourth-order valence-electron chi connectivity index (χ4n) is 3.99. The van der Waals surface area contributed by atoms with E-state index in [2.05, 4.69) is 31.2 Å². The fourth-order valence-corrected chi connectivity index (χ4v) is 3.99. The lowest BCUT2D eigenvalue weighted by Gasteiger charge is -2.04. The number of aryl methyl sites for hydroxylation is 3. The molecule has 4 nitrogen and oxygen atoms in total. The van der Waals surface area contributed by atoms with Gasteiger partial charge in [0.1, 0.15) is 23.0 Å². The number of hydrogen-bond donors (Lipinski definition) is 0. The Hall–Kier alpha value is -3.79. The summed E-state index contributed by atoms with van der Waals surface area (Å²) >= 11 is 0. The summed E-state index contributed by atoms with van der Waals surface area (Å²) in [7, 11) is 1.68. The van der Waals surface area contributed by atoms with Gasteiger partial charge in [-0.2, -0.15) is 0 Å². The normalized spacial score (nSPS) is 12.0. The Kier molecular flexibility index (Phi) is 6.64. The molecule has 0 unspecified atom stereocenters. The van der Waals surface area contributed by atoms with Crippen LogP contribution in [-0.2, 0) is 0 Å². The molecular formula is C29H29NO3. The monoisotopic (exact) mass is 439 g/mol. The molecule has 4 heteroatoms. The highest BCUT2D eigenvalue weighted by atomic mass is 16.5. The molecule has 1 heterocycles. The van der Waals surface area contributed by atoms with E-state index in [0.717, 1.165) is 56.0 Å². The van der Waals surface area contributed by atoms with E-state index < -0.39 is 0 Å². The topological polar surface area (TPSA) is 44.0 Å². The van der Waals surface area contributed by atoms with E-state index >= 15 is 0 Å². The molecule has 0 aliphatic carbocycles. The van der Waals surface area contributed by atoms with Crippen LogP contribution in [-0.4, -0.2) is 13.7 Å². The SMILES string of the molecule is CCOc1cc(/C=C/c2ccccc2OC)cc(=Nc2ccc(C)cc2)c2c(C)oc(C)c12. The summed E-state index contributed by atoms with van der Waals surface area (Å²) < 4.78 is 17.6. The summed E-state index contributed by atoms with van der Waals surface area (Å²) in [5.74, 6) is 3.26. The number of ether oxygens (including phenoxy) is 2. The van der Waals surface area contributed by atoms with Crippen molar-refractivity contribution in [3.05, 3.63) is 94.2 Å². The molecule has 0 fully saturated rings. The second kappa shape index (κ2) is 9.78. The first-order valence-corrected chi connectivity index (χ1v) is 11.1. The Morgan fingerprint density at radius 2 is 1.58 bits per heavy atom. The second-order valence-electron chi connectivity index (χ2n) is 7.96. The van der Waals surface area contributed by atoms with Crippen molar-refractivity contribution < 1.29 is 13.9 Å². The van der Waals surface area contributed by atoms with Crippen LogP contribution in [0.4, 0.5) is 5.69 Å². The minimum atomic E-state index is 0.558. The Labute approximate surface area is 194 Å². The smallest absolute Gasteiger partial charge is 0.131 e. The van der Waals surface area contributed by atoms with Crippen molar-refractivity contribution in [1.82, 2.24) is 0 Å². The molecule has 0 saturated heterocycles. The van der Waals surface area contributed by atoms with Crippen LogP contribution in [0, 0.1) is 20.8 Å². The van der Waals surface area contributed by atoms with Crippen molar-refractivity contribution in [3.8, 4) is 11.5 Å². The Morgan fingerprint density at radius 1 is 0.848 bits per heavy atom. The average molecular weight is 440 g/mol. The third kappa shape index (κ3) is 4.85. The molecule has 0 atom stereocenters. The highest BCUT2D eigenvalue weighted by Gasteiger charge is 2.14. The summed E-state index contributed by atoms with van der Waals surface area (Å²) in [5, 5.41) is 2.76. The molecule has 168 valence electrons. The first-order chi connectivity index (χ1) is 16.0. The van der Waals surface area contributed by atoms with Gasteiger partial charge in [-0.1, -0.05) is 48.0 Å². The van der Waals surface area contributed by atoms with Crippen molar-refractivity contribution in [1.29, 1.82) is 0 Å². The van der Waals surface area contributed by atoms with Crippen LogP contribution in [0.3, 0.4) is 0 Å². The van der Waals surface area contributed by atoms with Crippen molar-refractivity contribution in [2.24, 2.45) is 4.99 Å². The molecule has 0 bridgehead atoms. The summed E-state index contributed by atoms with van der Waals surface area (Å²) in [6.07, 6.45) is 4.11. The van der Waals surface area contributed by atoms with Gasteiger partial charge in [-0.25, -0.2) is 4.99 Å². The van der Waals surface area contributed by atoms with Gasteiger partial charge < -0.3 is 13.9 Å². The van der Waals surface area contributed by atoms with Gasteiger partial charge in [-0.3, -0.25) is 0 Å². The molecule has 0 radical (unpaired) electrons. The Morgan fingerprint density at radius 3 is 2.30 bits per heavy atom. The first-order valence-electron chi connectivity index (χ1n) is 11.1. The van der Waals surface area contributed by atoms with Crippen LogP contribution in [0.2, 0.25) is 0 Å². The van der Waals surface area contributed by atoms with Crippen molar-refractivity contribution >= 4 is 28.6 Å². The van der Waals surface area contributed by atoms with E-state index in [9.17, 15) is 0 Å². The maximum absolute atomic E-state index is 6.07. The van der Waals surface area contributed by atoms with Crippen LogP contribution in [0.5, 0.6) is 11.5 Å². The Balaban J connectivity index is 1.99. The van der Waals surface area contributed by atoms with Crippen LogP contribution < -0.4 is 14.8 Å². The summed E-state index contributed by atoms with van der Waals surface area (Å²) in [5.41, 5.74) is 4.07. The summed E-state index contributed by atoms with van der Waals surface area (Å²) in [6, 6.07) is 20.3. The maximum atomic E-state index is 6.07. The lowest BCUT2D eigenvalue weighted by molar-refractivity contribution is 0.344. The second-order valence-corrected chi connectivity index (χ2v) is 7.96. The fraction of sp³-hybridized carbons (Fsp3) is 0.207. The molecule has 4 aromatic rings. The number of hydrogen-bond acceptors (Lipinski definition) is 4. The molecule has 1 aromatic heterocycles. The number of methoxy groups -OCH3 is 1. The van der Waals surface area contributed by atoms with E-state index in [1.807, 2.05) is 69.3 Å². The quantitative estimate of drug-likeness (QED) is 0.320. The summed E-state index contributed by atoms with van der Waals surface area (Å²) in [4.78, 5) is 5.00. The molecule has 0 aliphatic heterocycles. The predicted molar refractivity (Wildman–Crippen MR) is 135 cm³/mol. The highest BCUT2D eigenvalue weighted by molar-refractivity contribution is 5.92. The van der Waals surface area contributed by atoms with Crippen molar-refractivity contribution in [2.75, 3.05) is 13.7 Å². The predicted octanol–water partition coefficient (Wildman–Crippen LogP) is 7.17. The van der Waals surface area contributed by atoms with Gasteiger partial charge in [0.15, 0.2) is 0 Å². The molecule has 3 aromatic carbocycles. The van der Waals surface area contributed by atoms with Gasteiger partial charge in [0, 0.05) is 5.56 Å². The largest absolute Gasteiger partial charge is 0.496 e. The standard InChI is InChI=1S/C29H29NO3/c1-6-32-27-18-22(13-14-23-9-7-8-10-26(23)31-5)17-25(28-20(3)33-21(4)29(27)28)30-24-15-11-19(2)12-16-24/h7-18H,6H2,1-5H3/b14-13+,30-25?. The number of benzene rings is 2. The molecule has 0 amide bonds. The van der Waals surface area contributed by atoms with E-state index in [1.54, 1.807) is 7.11 Å². The van der Waals surface area contributed by atoms with Gasteiger partial charge in [0.05, 0.1) is 35.5 Å². The molecule has 0 saturated carbocycles. The van der Waals surface area contributed by atoms with Gasteiger partial charge in [0.2, 0.25) is 0 Å². The highest BCUT2D eigenvalue weighted by Crippen LogP contribution is 2.32. The Bertz CT molecular complexity index is 1380. The minimum Gasteiger partial charge on any atom is -0.496 e.